The Morgan fingerprint density at radius 2 is 1.89 bits per heavy atom. The van der Waals surface area contributed by atoms with Gasteiger partial charge in [-0.2, -0.15) is 0 Å². The molecular weight excluding hydrogens is 490 g/mol. The standard InChI is InChI=1S/C27H31N5O6/c1-27(2,3)37-26(36)32-12-10-31(11-13-32)15-22(34)28-17-5-6-18-16(14-17)4-8-20-23(18)24(30-38-20)19-7-9-21(33)29-25(19)35/h4-6,8,14,19H,7,9-13,15H2,1-3H3,(H,28,34)(H,29,33,35). The molecule has 5 rings (SSSR count). The highest BCUT2D eigenvalue weighted by molar-refractivity contribution is 6.11. The van der Waals surface area contributed by atoms with Gasteiger partial charge in [0.05, 0.1) is 17.8 Å². The highest BCUT2D eigenvalue weighted by atomic mass is 16.6. The molecule has 2 N–H and O–H groups in total. The molecule has 11 heteroatoms. The molecule has 0 spiro atoms. The SMILES string of the molecule is CC(C)(C)OC(=O)N1CCN(CC(=O)Nc2ccc3c(ccc4onc(C5CCC(=O)NC5=O)c43)c2)CC1. The number of amides is 4. The maximum absolute atomic E-state index is 12.8. The second-order valence-corrected chi connectivity index (χ2v) is 10.7. The smallest absolute Gasteiger partial charge is 0.410 e. The Labute approximate surface area is 219 Å². The lowest BCUT2D eigenvalue weighted by atomic mass is 9.91. The highest BCUT2D eigenvalue weighted by Gasteiger charge is 2.32. The molecule has 38 heavy (non-hydrogen) atoms. The number of benzene rings is 2. The molecule has 1 unspecified atom stereocenters. The van der Waals surface area contributed by atoms with Crippen molar-refractivity contribution in [1.82, 2.24) is 20.3 Å². The van der Waals surface area contributed by atoms with E-state index in [-0.39, 0.29) is 36.8 Å². The van der Waals surface area contributed by atoms with Gasteiger partial charge in [-0.25, -0.2) is 4.79 Å². The molecule has 2 saturated heterocycles. The fourth-order valence-corrected chi connectivity index (χ4v) is 4.88. The van der Waals surface area contributed by atoms with Crippen LogP contribution in [-0.4, -0.2) is 77.1 Å². The number of carbonyl (C=O) groups is 4. The number of nitrogens with one attached hydrogen (secondary N) is 2. The average Bonchev–Trinajstić information content (AvgIpc) is 3.27. The van der Waals surface area contributed by atoms with Crippen LogP contribution in [0.25, 0.3) is 21.7 Å². The van der Waals surface area contributed by atoms with Crippen molar-refractivity contribution in [1.29, 1.82) is 0 Å². The summed E-state index contributed by atoms with van der Waals surface area (Å²) in [7, 11) is 0. The zero-order valence-corrected chi connectivity index (χ0v) is 21.7. The summed E-state index contributed by atoms with van der Waals surface area (Å²) in [5, 5.41) is 11.9. The Kier molecular flexibility index (Phi) is 6.78. The molecule has 1 atom stereocenters. The van der Waals surface area contributed by atoms with Crippen molar-refractivity contribution in [3.05, 3.63) is 36.0 Å². The van der Waals surface area contributed by atoms with E-state index in [1.807, 2.05) is 43.9 Å². The van der Waals surface area contributed by atoms with Crippen LogP contribution in [0.5, 0.6) is 0 Å². The molecule has 2 fully saturated rings. The van der Waals surface area contributed by atoms with Gasteiger partial charge in [-0.15, -0.1) is 0 Å². The summed E-state index contributed by atoms with van der Waals surface area (Å²) in [5.74, 6) is -1.36. The molecule has 0 radical (unpaired) electrons. The Morgan fingerprint density at radius 1 is 1.13 bits per heavy atom. The van der Waals surface area contributed by atoms with Crippen molar-refractivity contribution in [2.45, 2.75) is 45.1 Å². The molecule has 1 aromatic heterocycles. The zero-order valence-electron chi connectivity index (χ0n) is 21.7. The predicted molar refractivity (Wildman–Crippen MR) is 140 cm³/mol. The molecule has 200 valence electrons. The number of ether oxygens (including phenoxy) is 1. The Hall–Kier alpha value is -3.99. The lowest BCUT2D eigenvalue weighted by molar-refractivity contribution is -0.134. The largest absolute Gasteiger partial charge is 0.444 e. The Morgan fingerprint density at radius 3 is 2.61 bits per heavy atom. The van der Waals surface area contributed by atoms with Gasteiger partial charge in [-0.05, 0) is 56.2 Å². The van der Waals surface area contributed by atoms with Crippen molar-refractivity contribution in [3.8, 4) is 0 Å². The minimum Gasteiger partial charge on any atom is -0.444 e. The monoisotopic (exact) mass is 521 g/mol. The summed E-state index contributed by atoms with van der Waals surface area (Å²) in [6, 6.07) is 9.22. The normalized spacial score (nSPS) is 19.0. The number of piperidine rings is 1. The third kappa shape index (κ3) is 5.47. The number of fused-ring (bicyclic) bond motifs is 3. The second-order valence-electron chi connectivity index (χ2n) is 10.7. The first-order chi connectivity index (χ1) is 18.1. The molecule has 0 saturated carbocycles. The van der Waals surface area contributed by atoms with Gasteiger partial charge in [0.2, 0.25) is 17.7 Å². The van der Waals surface area contributed by atoms with Crippen LogP contribution in [0.1, 0.15) is 45.2 Å². The Balaban J connectivity index is 1.24. The number of piperazine rings is 1. The minimum absolute atomic E-state index is 0.148. The van der Waals surface area contributed by atoms with Crippen molar-refractivity contribution in [2.24, 2.45) is 0 Å². The van der Waals surface area contributed by atoms with Gasteiger partial charge in [0.25, 0.3) is 0 Å². The number of imide groups is 1. The fraction of sp³-hybridized carbons (Fsp3) is 0.444. The van der Waals surface area contributed by atoms with Gasteiger partial charge in [-0.1, -0.05) is 17.3 Å². The molecule has 2 aromatic carbocycles. The Bertz CT molecular complexity index is 1420. The van der Waals surface area contributed by atoms with Crippen LogP contribution in [0.3, 0.4) is 0 Å². The van der Waals surface area contributed by atoms with Crippen molar-refractivity contribution >= 4 is 51.2 Å². The van der Waals surface area contributed by atoms with Gasteiger partial charge in [-0.3, -0.25) is 24.6 Å². The number of carbonyl (C=O) groups excluding carboxylic acids is 4. The quantitative estimate of drug-likeness (QED) is 0.501. The average molecular weight is 522 g/mol. The second kappa shape index (κ2) is 10.1. The summed E-state index contributed by atoms with van der Waals surface area (Å²) >= 11 is 0. The molecule has 2 aliphatic heterocycles. The summed E-state index contributed by atoms with van der Waals surface area (Å²) in [6.07, 6.45) is 0.297. The van der Waals surface area contributed by atoms with Gasteiger partial charge < -0.3 is 19.5 Å². The van der Waals surface area contributed by atoms with E-state index < -0.39 is 11.5 Å². The van der Waals surface area contributed by atoms with Gasteiger partial charge in [0.15, 0.2) is 5.58 Å². The first kappa shape index (κ1) is 25.7. The first-order valence-electron chi connectivity index (χ1n) is 12.7. The van der Waals surface area contributed by atoms with Gasteiger partial charge >= 0.3 is 6.09 Å². The van der Waals surface area contributed by atoms with E-state index in [9.17, 15) is 19.2 Å². The summed E-state index contributed by atoms with van der Waals surface area (Å²) in [5.41, 5.74) is 1.17. The highest BCUT2D eigenvalue weighted by Crippen LogP contribution is 2.35. The summed E-state index contributed by atoms with van der Waals surface area (Å²) in [4.78, 5) is 52.7. The number of nitrogens with zero attached hydrogens (tertiary/aromatic N) is 3. The van der Waals surface area contributed by atoms with E-state index in [0.717, 1.165) is 16.2 Å². The molecule has 0 aliphatic carbocycles. The van der Waals surface area contributed by atoms with E-state index in [0.29, 0.717) is 49.6 Å². The van der Waals surface area contributed by atoms with Crippen molar-refractivity contribution in [2.75, 3.05) is 38.0 Å². The summed E-state index contributed by atoms with van der Waals surface area (Å²) < 4.78 is 10.9. The van der Waals surface area contributed by atoms with Crippen LogP contribution in [0.15, 0.2) is 34.9 Å². The van der Waals surface area contributed by atoms with Crippen LogP contribution >= 0.6 is 0 Å². The maximum Gasteiger partial charge on any atom is 0.410 e. The van der Waals surface area contributed by atoms with Crippen LogP contribution in [0, 0.1) is 0 Å². The van der Waals surface area contributed by atoms with E-state index in [1.165, 1.54) is 0 Å². The van der Waals surface area contributed by atoms with Crippen molar-refractivity contribution in [3.63, 3.8) is 0 Å². The van der Waals surface area contributed by atoms with Crippen LogP contribution in [-0.2, 0) is 19.1 Å². The predicted octanol–water partition coefficient (Wildman–Crippen LogP) is 2.99. The number of aromatic nitrogens is 1. The molecule has 11 nitrogen and oxygen atoms in total. The third-order valence-corrected chi connectivity index (χ3v) is 6.72. The third-order valence-electron chi connectivity index (χ3n) is 6.72. The topological polar surface area (TPSA) is 134 Å². The van der Waals surface area contributed by atoms with E-state index in [4.69, 9.17) is 9.26 Å². The first-order valence-corrected chi connectivity index (χ1v) is 12.7. The number of hydrogen-bond acceptors (Lipinski definition) is 8. The summed E-state index contributed by atoms with van der Waals surface area (Å²) in [6.45, 7) is 7.90. The van der Waals surface area contributed by atoms with E-state index >= 15 is 0 Å². The van der Waals surface area contributed by atoms with Crippen LogP contribution in [0.2, 0.25) is 0 Å². The molecular formula is C27H31N5O6. The van der Waals surface area contributed by atoms with Gasteiger partial charge in [0.1, 0.15) is 11.3 Å². The molecule has 0 bridgehead atoms. The number of anilines is 1. The lowest BCUT2D eigenvalue weighted by Gasteiger charge is -2.35. The van der Waals surface area contributed by atoms with Gasteiger partial charge in [0, 0.05) is 38.3 Å². The van der Waals surface area contributed by atoms with Crippen LogP contribution in [0.4, 0.5) is 10.5 Å². The maximum atomic E-state index is 12.8. The van der Waals surface area contributed by atoms with E-state index in [2.05, 4.69) is 15.8 Å². The number of hydrogen-bond donors (Lipinski definition) is 2. The number of rotatable bonds is 4. The van der Waals surface area contributed by atoms with Crippen LogP contribution < -0.4 is 10.6 Å². The molecule has 3 heterocycles. The lowest BCUT2D eigenvalue weighted by Crippen LogP contribution is -2.51. The fourth-order valence-electron chi connectivity index (χ4n) is 4.88. The molecule has 2 aliphatic rings. The molecule has 3 aromatic rings. The zero-order chi connectivity index (χ0) is 27.0. The minimum atomic E-state index is -0.560. The molecule has 4 amide bonds. The van der Waals surface area contributed by atoms with Crippen molar-refractivity contribution < 1.29 is 28.4 Å². The van der Waals surface area contributed by atoms with E-state index in [1.54, 1.807) is 17.0 Å².